The zero-order valence-electron chi connectivity index (χ0n) is 18.9. The first-order valence-electron chi connectivity index (χ1n) is 11.1. The summed E-state index contributed by atoms with van der Waals surface area (Å²) in [6.45, 7) is 7.48. The van der Waals surface area contributed by atoms with Crippen LogP contribution in [0.2, 0.25) is 0 Å². The molecule has 3 aromatic heterocycles. The Kier molecular flexibility index (Phi) is 5.86. The van der Waals surface area contributed by atoms with Crippen LogP contribution in [-0.2, 0) is 0 Å². The van der Waals surface area contributed by atoms with E-state index in [1.54, 1.807) is 10.9 Å². The molecule has 0 atom stereocenters. The first-order valence-corrected chi connectivity index (χ1v) is 12.0. The highest BCUT2D eigenvalue weighted by molar-refractivity contribution is 7.12. The van der Waals surface area contributed by atoms with Crippen molar-refractivity contribution in [3.8, 4) is 11.1 Å². The van der Waals surface area contributed by atoms with Gasteiger partial charge in [0.25, 0.3) is 5.91 Å². The van der Waals surface area contributed by atoms with Crippen molar-refractivity contribution in [2.75, 3.05) is 18.8 Å². The van der Waals surface area contributed by atoms with Crippen molar-refractivity contribution in [1.29, 1.82) is 0 Å². The molecule has 1 aliphatic rings. The third kappa shape index (κ3) is 4.18. The number of carbonyl (C=O) groups is 1. The minimum Gasteiger partial charge on any atom is -0.383 e. The molecule has 0 aliphatic carbocycles. The lowest BCUT2D eigenvalue weighted by Gasteiger charge is -2.26. The van der Waals surface area contributed by atoms with Gasteiger partial charge in [0.2, 0.25) is 0 Å². The lowest BCUT2D eigenvalue weighted by Crippen LogP contribution is -2.34. The van der Waals surface area contributed by atoms with E-state index < -0.39 is 0 Å². The summed E-state index contributed by atoms with van der Waals surface area (Å²) < 4.78 is 1.73. The largest absolute Gasteiger partial charge is 0.383 e. The number of amides is 1. The second kappa shape index (κ2) is 9.11. The number of anilines is 1. The molecule has 0 unspecified atom stereocenters. The number of nitrogens with two attached hydrogens (primary N) is 1. The van der Waals surface area contributed by atoms with Gasteiger partial charge in [0, 0.05) is 41.5 Å². The van der Waals surface area contributed by atoms with Crippen LogP contribution in [-0.4, -0.2) is 38.7 Å². The monoisotopic (exact) mass is 467 g/mol. The molecule has 0 spiro atoms. The van der Waals surface area contributed by atoms with Gasteiger partial charge < -0.3 is 10.6 Å². The molecule has 1 aromatic carbocycles. The molecular weight excluding hydrogens is 442 g/mol. The normalized spacial score (nSPS) is 14.3. The number of nitrogens with zero attached hydrogens (tertiary/aromatic N) is 4. The van der Waals surface area contributed by atoms with Gasteiger partial charge in [-0.05, 0) is 54.1 Å². The Morgan fingerprint density at radius 3 is 2.82 bits per heavy atom. The smallest absolute Gasteiger partial charge is 0.264 e. The summed E-state index contributed by atoms with van der Waals surface area (Å²) in [5.41, 5.74) is 12.1. The minimum atomic E-state index is 0.0858. The fraction of sp³-hybridized carbons (Fsp3) is 0.148. The van der Waals surface area contributed by atoms with Crippen LogP contribution in [0.5, 0.6) is 0 Å². The third-order valence-electron chi connectivity index (χ3n) is 6.07. The minimum absolute atomic E-state index is 0.0858. The first-order chi connectivity index (χ1) is 16.5. The zero-order valence-corrected chi connectivity index (χ0v) is 19.8. The first kappa shape index (κ1) is 21.9. The zero-order chi connectivity index (χ0) is 23.7. The van der Waals surface area contributed by atoms with Gasteiger partial charge in [0.1, 0.15) is 5.82 Å². The molecule has 0 saturated heterocycles. The summed E-state index contributed by atoms with van der Waals surface area (Å²) in [6.07, 6.45) is 8.44. The predicted octanol–water partition coefficient (Wildman–Crippen LogP) is 5.63. The maximum atomic E-state index is 12.6. The van der Waals surface area contributed by atoms with Crippen LogP contribution in [0.25, 0.3) is 27.7 Å². The quantitative estimate of drug-likeness (QED) is 0.386. The molecule has 6 nitrogen and oxygen atoms in total. The van der Waals surface area contributed by atoms with E-state index in [1.807, 2.05) is 65.9 Å². The van der Waals surface area contributed by atoms with E-state index in [0.29, 0.717) is 18.9 Å². The number of para-hydroxylation sites is 1. The SMILES string of the molecule is C=C(C=C(C)n1ncc(-c2cnc3ccccc3c2)c1N)C1=CCN(C(=O)c2cccs2)CC1. The number of rotatable bonds is 5. The van der Waals surface area contributed by atoms with Gasteiger partial charge in [-0.15, -0.1) is 11.3 Å². The maximum Gasteiger partial charge on any atom is 0.264 e. The molecule has 34 heavy (non-hydrogen) atoms. The van der Waals surface area contributed by atoms with Gasteiger partial charge in [-0.1, -0.05) is 36.9 Å². The predicted molar refractivity (Wildman–Crippen MR) is 139 cm³/mol. The molecule has 4 heterocycles. The molecule has 5 rings (SSSR count). The third-order valence-corrected chi connectivity index (χ3v) is 6.92. The van der Waals surface area contributed by atoms with Crippen LogP contribution in [0.4, 0.5) is 5.82 Å². The van der Waals surface area contributed by atoms with Crippen molar-refractivity contribution in [1.82, 2.24) is 19.7 Å². The molecule has 1 aliphatic heterocycles. The number of nitrogen functional groups attached to an aromatic ring is 1. The van der Waals surface area contributed by atoms with Crippen LogP contribution in [0, 0.1) is 0 Å². The Balaban J connectivity index is 1.32. The fourth-order valence-corrected chi connectivity index (χ4v) is 4.88. The van der Waals surface area contributed by atoms with Crippen molar-refractivity contribution in [2.24, 2.45) is 0 Å². The number of carbonyl (C=O) groups excluding carboxylic acids is 1. The standard InChI is InChI=1S/C27H25N5OS/c1-18(20-9-11-31(12-10-20)27(33)25-8-5-13-34-25)14-19(2)32-26(28)23(17-30-32)22-15-21-6-3-4-7-24(21)29-16-22/h3-9,13-17H,1,10-12,28H2,2H3. The molecule has 0 radical (unpaired) electrons. The molecule has 7 heteroatoms. The highest BCUT2D eigenvalue weighted by atomic mass is 32.1. The summed E-state index contributed by atoms with van der Waals surface area (Å²) in [7, 11) is 0. The number of aromatic nitrogens is 3. The topological polar surface area (TPSA) is 77.0 Å². The average Bonchev–Trinajstić information content (AvgIpc) is 3.53. The molecule has 0 fully saturated rings. The Bertz CT molecular complexity index is 1440. The van der Waals surface area contributed by atoms with E-state index in [1.165, 1.54) is 11.3 Å². The summed E-state index contributed by atoms with van der Waals surface area (Å²) >= 11 is 1.48. The van der Waals surface area contributed by atoms with E-state index in [2.05, 4.69) is 28.8 Å². The highest BCUT2D eigenvalue weighted by Gasteiger charge is 2.20. The van der Waals surface area contributed by atoms with Crippen LogP contribution in [0.1, 0.15) is 23.0 Å². The van der Waals surface area contributed by atoms with Crippen LogP contribution >= 0.6 is 11.3 Å². The summed E-state index contributed by atoms with van der Waals surface area (Å²) in [5.74, 6) is 0.645. The van der Waals surface area contributed by atoms with Gasteiger partial charge >= 0.3 is 0 Å². The number of pyridine rings is 1. The Hall–Kier alpha value is -3.97. The van der Waals surface area contributed by atoms with Gasteiger partial charge in [0.15, 0.2) is 0 Å². The Labute approximate surface area is 202 Å². The van der Waals surface area contributed by atoms with E-state index in [4.69, 9.17) is 5.73 Å². The molecule has 1 amide bonds. The number of fused-ring (bicyclic) bond motifs is 1. The molecule has 0 bridgehead atoms. The van der Waals surface area contributed by atoms with Crippen LogP contribution < -0.4 is 5.73 Å². The summed E-state index contributed by atoms with van der Waals surface area (Å²) in [4.78, 5) is 19.8. The van der Waals surface area contributed by atoms with Gasteiger partial charge in [0.05, 0.1) is 16.6 Å². The van der Waals surface area contributed by atoms with E-state index in [-0.39, 0.29) is 5.91 Å². The van der Waals surface area contributed by atoms with Crippen molar-refractivity contribution in [2.45, 2.75) is 13.3 Å². The van der Waals surface area contributed by atoms with E-state index in [0.717, 1.165) is 50.2 Å². The van der Waals surface area contributed by atoms with E-state index in [9.17, 15) is 4.79 Å². The highest BCUT2D eigenvalue weighted by Crippen LogP contribution is 2.30. The van der Waals surface area contributed by atoms with Crippen molar-refractivity contribution < 1.29 is 4.79 Å². The fourth-order valence-electron chi connectivity index (χ4n) is 4.19. The van der Waals surface area contributed by atoms with E-state index >= 15 is 0 Å². The van der Waals surface area contributed by atoms with Crippen LogP contribution in [0.15, 0.2) is 90.1 Å². The maximum absolute atomic E-state index is 12.6. The number of benzene rings is 1. The van der Waals surface area contributed by atoms with Crippen LogP contribution in [0.3, 0.4) is 0 Å². The van der Waals surface area contributed by atoms with Gasteiger partial charge in [-0.3, -0.25) is 9.78 Å². The number of hydrogen-bond donors (Lipinski definition) is 1. The second-order valence-electron chi connectivity index (χ2n) is 8.29. The lowest BCUT2D eigenvalue weighted by molar-refractivity contribution is 0.0774. The Morgan fingerprint density at radius 2 is 2.06 bits per heavy atom. The summed E-state index contributed by atoms with van der Waals surface area (Å²) in [6, 6.07) is 13.8. The molecule has 170 valence electrons. The lowest BCUT2D eigenvalue weighted by atomic mass is 9.99. The summed E-state index contributed by atoms with van der Waals surface area (Å²) in [5, 5.41) is 7.50. The second-order valence-corrected chi connectivity index (χ2v) is 9.24. The van der Waals surface area contributed by atoms with Crippen molar-refractivity contribution >= 4 is 39.7 Å². The number of thiophene rings is 1. The molecule has 4 aromatic rings. The number of hydrogen-bond acceptors (Lipinski definition) is 5. The van der Waals surface area contributed by atoms with Gasteiger partial charge in [-0.2, -0.15) is 5.10 Å². The van der Waals surface area contributed by atoms with Crippen molar-refractivity contribution in [3.63, 3.8) is 0 Å². The molecule has 2 N–H and O–H groups in total. The van der Waals surface area contributed by atoms with Crippen molar-refractivity contribution in [3.05, 3.63) is 95.0 Å². The van der Waals surface area contributed by atoms with Gasteiger partial charge in [-0.25, -0.2) is 4.68 Å². The molecular formula is C27H25N5OS. The average molecular weight is 468 g/mol. The number of allylic oxidation sites excluding steroid dienone is 3. The molecule has 0 saturated carbocycles. The Morgan fingerprint density at radius 1 is 1.21 bits per heavy atom.